The molecule has 0 saturated heterocycles. The fourth-order valence-corrected chi connectivity index (χ4v) is 1.24. The van der Waals surface area contributed by atoms with Gasteiger partial charge in [0.15, 0.2) is 0 Å². The Hall–Kier alpha value is -0.0800. The van der Waals surface area contributed by atoms with Crippen LogP contribution in [0.2, 0.25) is 0 Å². The largest absolute Gasteiger partial charge is 0.314 e. The quantitative estimate of drug-likeness (QED) is 0.626. The van der Waals surface area contributed by atoms with Gasteiger partial charge in [-0.1, -0.05) is 27.7 Å². The second-order valence-electron chi connectivity index (χ2n) is 4.40. The Bertz CT molecular complexity index is 126. The van der Waals surface area contributed by atoms with Crippen LogP contribution in [-0.2, 0) is 0 Å². The van der Waals surface area contributed by atoms with Crippen molar-refractivity contribution in [1.82, 2.24) is 5.06 Å². The highest BCUT2D eigenvalue weighted by Crippen LogP contribution is 2.36. The molecule has 0 spiro atoms. The highest BCUT2D eigenvalue weighted by Gasteiger charge is 2.38. The molecule has 1 atom stereocenters. The van der Waals surface area contributed by atoms with E-state index in [0.29, 0.717) is 0 Å². The number of rotatable bonds is 2. The van der Waals surface area contributed by atoms with E-state index in [1.807, 2.05) is 0 Å². The zero-order valence-corrected chi connectivity index (χ0v) is 8.60. The third-order valence-electron chi connectivity index (χ3n) is 3.02. The highest BCUT2D eigenvalue weighted by atomic mass is 16.5. The fraction of sp³-hybridized carbons (Fsp3) is 1.00. The van der Waals surface area contributed by atoms with E-state index in [-0.39, 0.29) is 11.0 Å². The maximum absolute atomic E-state index is 9.44. The summed E-state index contributed by atoms with van der Waals surface area (Å²) < 4.78 is 0. The standard InChI is InChI=1S/C9H21NO/c1-7-9(5,10(6)11)8(2,3)4/h11H,7H2,1-6H3. The molecule has 0 aliphatic rings. The Morgan fingerprint density at radius 2 is 1.55 bits per heavy atom. The van der Waals surface area contributed by atoms with Crippen molar-refractivity contribution >= 4 is 0 Å². The average molecular weight is 159 g/mol. The predicted molar refractivity (Wildman–Crippen MR) is 47.7 cm³/mol. The predicted octanol–water partition coefficient (Wildman–Crippen LogP) is 2.52. The van der Waals surface area contributed by atoms with Crippen molar-refractivity contribution in [2.45, 2.75) is 46.6 Å². The van der Waals surface area contributed by atoms with Gasteiger partial charge in [0.1, 0.15) is 0 Å². The number of hydrogen-bond acceptors (Lipinski definition) is 2. The van der Waals surface area contributed by atoms with Crippen LogP contribution in [-0.4, -0.2) is 22.9 Å². The monoisotopic (exact) mass is 159 g/mol. The molecule has 1 unspecified atom stereocenters. The summed E-state index contributed by atoms with van der Waals surface area (Å²) in [4.78, 5) is 0. The zero-order valence-electron chi connectivity index (χ0n) is 8.60. The summed E-state index contributed by atoms with van der Waals surface area (Å²) in [7, 11) is 1.72. The first-order valence-corrected chi connectivity index (χ1v) is 4.18. The number of hydrogen-bond donors (Lipinski definition) is 1. The maximum Gasteiger partial charge on any atom is 0.0474 e. The number of hydroxylamine groups is 2. The first kappa shape index (κ1) is 10.9. The van der Waals surface area contributed by atoms with Gasteiger partial charge in [0, 0.05) is 12.6 Å². The topological polar surface area (TPSA) is 23.5 Å². The van der Waals surface area contributed by atoms with Gasteiger partial charge in [-0.25, -0.2) is 0 Å². The highest BCUT2D eigenvalue weighted by molar-refractivity contribution is 4.91. The minimum Gasteiger partial charge on any atom is -0.314 e. The van der Waals surface area contributed by atoms with Crippen molar-refractivity contribution in [1.29, 1.82) is 0 Å². The van der Waals surface area contributed by atoms with Crippen molar-refractivity contribution in [3.63, 3.8) is 0 Å². The summed E-state index contributed by atoms with van der Waals surface area (Å²) in [5, 5.41) is 10.8. The van der Waals surface area contributed by atoms with Gasteiger partial charge >= 0.3 is 0 Å². The molecule has 0 aromatic heterocycles. The van der Waals surface area contributed by atoms with E-state index in [9.17, 15) is 5.21 Å². The Kier molecular flexibility index (Phi) is 3.09. The lowest BCUT2D eigenvalue weighted by molar-refractivity contribution is -0.184. The van der Waals surface area contributed by atoms with Crippen molar-refractivity contribution in [2.24, 2.45) is 5.41 Å². The Morgan fingerprint density at radius 3 is 1.55 bits per heavy atom. The minimum absolute atomic E-state index is 0.102. The summed E-state index contributed by atoms with van der Waals surface area (Å²) in [5.41, 5.74) is -0.0295. The van der Waals surface area contributed by atoms with Gasteiger partial charge in [-0.05, 0) is 18.8 Å². The smallest absolute Gasteiger partial charge is 0.0474 e. The van der Waals surface area contributed by atoms with E-state index in [2.05, 4.69) is 34.6 Å². The summed E-state index contributed by atoms with van der Waals surface area (Å²) in [6.07, 6.45) is 0.948. The molecule has 0 radical (unpaired) electrons. The van der Waals surface area contributed by atoms with Crippen LogP contribution in [0.1, 0.15) is 41.0 Å². The summed E-state index contributed by atoms with van der Waals surface area (Å²) >= 11 is 0. The minimum atomic E-state index is -0.132. The third kappa shape index (κ3) is 1.94. The first-order chi connectivity index (χ1) is 4.75. The van der Waals surface area contributed by atoms with Crippen LogP contribution in [0.3, 0.4) is 0 Å². The molecule has 0 bridgehead atoms. The van der Waals surface area contributed by atoms with Crippen molar-refractivity contribution in [2.75, 3.05) is 7.05 Å². The molecule has 11 heavy (non-hydrogen) atoms. The van der Waals surface area contributed by atoms with Gasteiger partial charge in [-0.15, -0.1) is 0 Å². The van der Waals surface area contributed by atoms with Gasteiger partial charge in [0.05, 0.1) is 0 Å². The van der Waals surface area contributed by atoms with E-state index in [1.54, 1.807) is 7.05 Å². The number of nitrogens with zero attached hydrogens (tertiary/aromatic N) is 1. The van der Waals surface area contributed by atoms with E-state index >= 15 is 0 Å². The van der Waals surface area contributed by atoms with Crippen LogP contribution in [0.4, 0.5) is 0 Å². The molecule has 0 aliphatic heterocycles. The average Bonchev–Trinajstić information content (AvgIpc) is 1.83. The van der Waals surface area contributed by atoms with Crippen LogP contribution >= 0.6 is 0 Å². The molecule has 68 valence electrons. The normalized spacial score (nSPS) is 18.5. The molecule has 0 aromatic carbocycles. The van der Waals surface area contributed by atoms with E-state index in [4.69, 9.17) is 0 Å². The molecule has 2 nitrogen and oxygen atoms in total. The lowest BCUT2D eigenvalue weighted by Crippen LogP contribution is -2.51. The maximum atomic E-state index is 9.44. The second kappa shape index (κ2) is 3.11. The lowest BCUT2D eigenvalue weighted by atomic mass is 9.73. The van der Waals surface area contributed by atoms with Crippen molar-refractivity contribution in [3.05, 3.63) is 0 Å². The fourth-order valence-electron chi connectivity index (χ4n) is 1.24. The molecule has 0 rings (SSSR count). The van der Waals surface area contributed by atoms with E-state index < -0.39 is 0 Å². The van der Waals surface area contributed by atoms with Crippen LogP contribution in [0.15, 0.2) is 0 Å². The molecule has 2 heteroatoms. The zero-order chi connectivity index (χ0) is 9.28. The molecule has 0 heterocycles. The second-order valence-corrected chi connectivity index (χ2v) is 4.40. The van der Waals surface area contributed by atoms with Crippen LogP contribution in [0.5, 0.6) is 0 Å². The summed E-state index contributed by atoms with van der Waals surface area (Å²) in [6, 6.07) is 0. The van der Waals surface area contributed by atoms with Gasteiger partial charge < -0.3 is 5.21 Å². The van der Waals surface area contributed by atoms with Gasteiger partial charge in [-0.3, -0.25) is 0 Å². The molecular weight excluding hydrogens is 138 g/mol. The molecule has 0 amide bonds. The summed E-state index contributed by atoms with van der Waals surface area (Å²) in [6.45, 7) is 10.6. The molecule has 0 fully saturated rings. The Balaban J connectivity index is 4.61. The molecule has 0 aromatic rings. The first-order valence-electron chi connectivity index (χ1n) is 4.18. The molecular formula is C9H21NO. The third-order valence-corrected chi connectivity index (χ3v) is 3.02. The summed E-state index contributed by atoms with van der Waals surface area (Å²) in [5.74, 6) is 0. The SMILES string of the molecule is CCC(C)(N(C)O)C(C)(C)C. The van der Waals surface area contributed by atoms with Crippen LogP contribution in [0, 0.1) is 5.41 Å². The Morgan fingerprint density at radius 1 is 1.18 bits per heavy atom. The Labute approximate surface area is 70.2 Å². The van der Waals surface area contributed by atoms with Crippen LogP contribution < -0.4 is 0 Å². The van der Waals surface area contributed by atoms with E-state index in [1.165, 1.54) is 5.06 Å². The lowest BCUT2D eigenvalue weighted by Gasteiger charge is -2.45. The van der Waals surface area contributed by atoms with Gasteiger partial charge in [0.2, 0.25) is 0 Å². The molecule has 1 N–H and O–H groups in total. The molecule has 0 aliphatic carbocycles. The van der Waals surface area contributed by atoms with Crippen LogP contribution in [0.25, 0.3) is 0 Å². The van der Waals surface area contributed by atoms with Crippen molar-refractivity contribution in [3.8, 4) is 0 Å². The van der Waals surface area contributed by atoms with Gasteiger partial charge in [0.25, 0.3) is 0 Å². The molecule has 0 saturated carbocycles. The van der Waals surface area contributed by atoms with E-state index in [0.717, 1.165) is 6.42 Å². The van der Waals surface area contributed by atoms with Gasteiger partial charge in [-0.2, -0.15) is 5.06 Å². The van der Waals surface area contributed by atoms with Crippen molar-refractivity contribution < 1.29 is 5.21 Å².